The monoisotopic (exact) mass is 402 g/mol. The third kappa shape index (κ3) is 4.66. The van der Waals surface area contributed by atoms with Gasteiger partial charge in [0.2, 0.25) is 11.7 Å². The molecule has 0 aliphatic carbocycles. The molecule has 1 aliphatic heterocycles. The number of rotatable bonds is 7. The summed E-state index contributed by atoms with van der Waals surface area (Å²) in [6, 6.07) is 5.90. The first-order valence-corrected chi connectivity index (χ1v) is 10.1. The molecule has 6 nitrogen and oxygen atoms in total. The van der Waals surface area contributed by atoms with Gasteiger partial charge in [-0.05, 0) is 34.5 Å². The maximum Gasteiger partial charge on any atom is 0.246 e. The molecule has 1 fully saturated rings. The maximum absolute atomic E-state index is 12.4. The molecule has 150 valence electrons. The molecule has 0 N–H and O–H groups in total. The topological polar surface area (TPSA) is 51.2 Å². The lowest BCUT2D eigenvalue weighted by Crippen LogP contribution is -2.47. The average Bonchev–Trinajstić information content (AvgIpc) is 3.25. The second kappa shape index (κ2) is 9.61. The van der Waals surface area contributed by atoms with Gasteiger partial charge in [-0.15, -0.1) is 0 Å². The van der Waals surface area contributed by atoms with Gasteiger partial charge in [0.1, 0.15) is 0 Å². The van der Waals surface area contributed by atoms with Crippen molar-refractivity contribution >= 4 is 23.3 Å². The van der Waals surface area contributed by atoms with Crippen molar-refractivity contribution < 1.29 is 19.0 Å². The third-order valence-electron chi connectivity index (χ3n) is 4.83. The molecule has 0 bridgehead atoms. The van der Waals surface area contributed by atoms with E-state index in [2.05, 4.69) is 4.90 Å². The van der Waals surface area contributed by atoms with E-state index < -0.39 is 0 Å². The highest BCUT2D eigenvalue weighted by Crippen LogP contribution is 2.40. The van der Waals surface area contributed by atoms with Crippen LogP contribution >= 0.6 is 11.3 Å². The van der Waals surface area contributed by atoms with E-state index in [1.807, 2.05) is 39.9 Å². The summed E-state index contributed by atoms with van der Waals surface area (Å²) in [6.07, 6.45) is 3.54. The molecule has 2 aromatic rings. The Hall–Kier alpha value is -2.51. The van der Waals surface area contributed by atoms with Gasteiger partial charge in [-0.2, -0.15) is 11.3 Å². The summed E-state index contributed by atoms with van der Waals surface area (Å²) >= 11 is 1.63. The minimum absolute atomic E-state index is 0.0644. The molecule has 0 spiro atoms. The van der Waals surface area contributed by atoms with Gasteiger partial charge in [-0.25, -0.2) is 0 Å². The fourth-order valence-electron chi connectivity index (χ4n) is 3.30. The maximum atomic E-state index is 12.4. The Labute approximate surface area is 169 Å². The molecule has 1 saturated heterocycles. The first-order valence-electron chi connectivity index (χ1n) is 9.15. The van der Waals surface area contributed by atoms with Crippen LogP contribution in [0.5, 0.6) is 17.2 Å². The van der Waals surface area contributed by atoms with Crippen LogP contribution in [-0.2, 0) is 11.3 Å². The van der Waals surface area contributed by atoms with Crippen molar-refractivity contribution in [2.24, 2.45) is 0 Å². The molecule has 0 unspecified atom stereocenters. The van der Waals surface area contributed by atoms with Crippen LogP contribution in [0.1, 0.15) is 11.1 Å². The van der Waals surface area contributed by atoms with Crippen LogP contribution in [0.25, 0.3) is 6.08 Å². The number of ether oxygens (including phenoxy) is 3. The lowest BCUT2D eigenvalue weighted by atomic mass is 10.1. The fraction of sp³-hybridized carbons (Fsp3) is 0.381. The number of benzene rings is 1. The Bertz CT molecular complexity index is 812. The van der Waals surface area contributed by atoms with Crippen LogP contribution in [0, 0.1) is 0 Å². The molecule has 1 aromatic carbocycles. The van der Waals surface area contributed by atoms with Crippen molar-refractivity contribution in [1.29, 1.82) is 0 Å². The zero-order valence-corrected chi connectivity index (χ0v) is 17.3. The Morgan fingerprint density at radius 1 is 1.04 bits per heavy atom. The van der Waals surface area contributed by atoms with Crippen LogP contribution in [0.4, 0.5) is 0 Å². The Kier molecular flexibility index (Phi) is 6.95. The molecule has 1 aliphatic rings. The zero-order valence-electron chi connectivity index (χ0n) is 16.5. The summed E-state index contributed by atoms with van der Waals surface area (Å²) in [6.45, 7) is 3.78. The van der Waals surface area contributed by atoms with Gasteiger partial charge in [0, 0.05) is 44.4 Å². The van der Waals surface area contributed by atoms with Gasteiger partial charge in [-0.3, -0.25) is 9.69 Å². The first-order chi connectivity index (χ1) is 13.7. The zero-order chi connectivity index (χ0) is 19.9. The highest BCUT2D eigenvalue weighted by atomic mass is 32.1. The summed E-state index contributed by atoms with van der Waals surface area (Å²) in [5.41, 5.74) is 2.11. The van der Waals surface area contributed by atoms with Gasteiger partial charge >= 0.3 is 0 Å². The van der Waals surface area contributed by atoms with E-state index in [0.717, 1.165) is 30.8 Å². The molecular formula is C21H26N2O4S. The van der Waals surface area contributed by atoms with Crippen molar-refractivity contribution in [2.45, 2.75) is 6.54 Å². The van der Waals surface area contributed by atoms with Gasteiger partial charge in [0.25, 0.3) is 0 Å². The number of thiophene rings is 1. The van der Waals surface area contributed by atoms with E-state index in [1.54, 1.807) is 38.7 Å². The van der Waals surface area contributed by atoms with E-state index in [9.17, 15) is 4.79 Å². The van der Waals surface area contributed by atoms with Crippen molar-refractivity contribution in [3.8, 4) is 17.2 Å². The highest BCUT2D eigenvalue weighted by Gasteiger charge is 2.22. The van der Waals surface area contributed by atoms with Crippen LogP contribution in [0.3, 0.4) is 0 Å². The molecular weight excluding hydrogens is 376 g/mol. The molecule has 0 radical (unpaired) electrons. The number of piperazine rings is 1. The predicted molar refractivity (Wildman–Crippen MR) is 111 cm³/mol. The largest absolute Gasteiger partial charge is 0.493 e. The van der Waals surface area contributed by atoms with Crippen LogP contribution in [-0.4, -0.2) is 63.2 Å². The number of methoxy groups -OCH3 is 3. The minimum atomic E-state index is 0.0644. The lowest BCUT2D eigenvalue weighted by Gasteiger charge is -2.34. The van der Waals surface area contributed by atoms with E-state index in [1.165, 1.54) is 0 Å². The van der Waals surface area contributed by atoms with Crippen LogP contribution in [0.15, 0.2) is 35.0 Å². The fourth-order valence-corrected chi connectivity index (χ4v) is 3.93. The number of hydrogen-bond acceptors (Lipinski definition) is 6. The molecule has 1 amide bonds. The smallest absolute Gasteiger partial charge is 0.246 e. The van der Waals surface area contributed by atoms with Crippen LogP contribution < -0.4 is 14.2 Å². The number of amides is 1. The van der Waals surface area contributed by atoms with Gasteiger partial charge in [0.05, 0.1) is 21.3 Å². The van der Waals surface area contributed by atoms with Crippen molar-refractivity contribution in [3.05, 3.63) is 46.2 Å². The highest BCUT2D eigenvalue weighted by molar-refractivity contribution is 7.08. The SMILES string of the molecule is COc1ccc(CN2CCN(C(=O)/C=C/c3ccsc3)CC2)c(OC)c1OC. The van der Waals surface area contributed by atoms with E-state index in [4.69, 9.17) is 14.2 Å². The van der Waals surface area contributed by atoms with Crippen LogP contribution in [0.2, 0.25) is 0 Å². The van der Waals surface area contributed by atoms with Crippen molar-refractivity contribution in [2.75, 3.05) is 47.5 Å². The Morgan fingerprint density at radius 3 is 2.39 bits per heavy atom. The Morgan fingerprint density at radius 2 is 1.79 bits per heavy atom. The third-order valence-corrected chi connectivity index (χ3v) is 5.53. The minimum Gasteiger partial charge on any atom is -0.493 e. The molecule has 2 heterocycles. The quantitative estimate of drug-likeness (QED) is 0.666. The second-order valence-electron chi connectivity index (χ2n) is 6.48. The molecule has 0 saturated carbocycles. The second-order valence-corrected chi connectivity index (χ2v) is 7.26. The van der Waals surface area contributed by atoms with E-state index in [-0.39, 0.29) is 5.91 Å². The molecule has 7 heteroatoms. The van der Waals surface area contributed by atoms with Gasteiger partial charge in [0.15, 0.2) is 11.5 Å². The van der Waals surface area contributed by atoms with Gasteiger partial charge in [-0.1, -0.05) is 6.07 Å². The number of carbonyl (C=O) groups excluding carboxylic acids is 1. The molecule has 0 atom stereocenters. The molecule has 28 heavy (non-hydrogen) atoms. The summed E-state index contributed by atoms with van der Waals surface area (Å²) in [5.74, 6) is 2.01. The Balaban J connectivity index is 1.59. The normalized spacial score (nSPS) is 15.0. The number of hydrogen-bond donors (Lipinski definition) is 0. The average molecular weight is 403 g/mol. The number of carbonyl (C=O) groups is 1. The summed E-state index contributed by atoms with van der Waals surface area (Å²) < 4.78 is 16.4. The van der Waals surface area contributed by atoms with Crippen molar-refractivity contribution in [3.63, 3.8) is 0 Å². The van der Waals surface area contributed by atoms with E-state index in [0.29, 0.717) is 30.3 Å². The lowest BCUT2D eigenvalue weighted by molar-refractivity contribution is -0.127. The van der Waals surface area contributed by atoms with Gasteiger partial charge < -0.3 is 19.1 Å². The standard InChI is InChI=1S/C21H26N2O4S/c1-25-18-6-5-17(20(26-2)21(18)27-3)14-22-9-11-23(12-10-22)19(24)7-4-16-8-13-28-15-16/h4-8,13,15H,9-12,14H2,1-3H3/b7-4+. The summed E-state index contributed by atoms with van der Waals surface area (Å²) in [7, 11) is 4.86. The predicted octanol–water partition coefficient (Wildman–Crippen LogP) is 3.13. The number of nitrogens with zero attached hydrogens (tertiary/aromatic N) is 2. The first kappa shape index (κ1) is 20.2. The summed E-state index contributed by atoms with van der Waals surface area (Å²) in [5, 5.41) is 4.03. The molecule has 1 aromatic heterocycles. The van der Waals surface area contributed by atoms with Crippen molar-refractivity contribution in [1.82, 2.24) is 9.80 Å². The summed E-state index contributed by atoms with van der Waals surface area (Å²) in [4.78, 5) is 16.6. The molecule has 3 rings (SSSR count). The van der Waals surface area contributed by atoms with E-state index >= 15 is 0 Å².